The van der Waals surface area contributed by atoms with Gasteiger partial charge in [0.2, 0.25) is 0 Å². The van der Waals surface area contributed by atoms with Crippen LogP contribution in [0.2, 0.25) is 0 Å². The first-order valence-electron chi connectivity index (χ1n) is 5.78. The number of nitrogens with one attached hydrogen (secondary N) is 2. The minimum absolute atomic E-state index is 0.0737. The molecule has 0 aromatic heterocycles. The molecule has 0 spiro atoms. The zero-order chi connectivity index (χ0) is 13.5. The van der Waals surface area contributed by atoms with Gasteiger partial charge in [-0.2, -0.15) is 0 Å². The Morgan fingerprint density at radius 1 is 1.44 bits per heavy atom. The van der Waals surface area contributed by atoms with Gasteiger partial charge in [0.15, 0.2) is 0 Å². The van der Waals surface area contributed by atoms with Gasteiger partial charge in [0.1, 0.15) is 11.4 Å². The van der Waals surface area contributed by atoms with Crippen LogP contribution in [-0.2, 0) is 4.74 Å². The highest BCUT2D eigenvalue weighted by Gasteiger charge is 2.18. The molecule has 2 N–H and O–H groups in total. The Morgan fingerprint density at radius 2 is 2.11 bits per heavy atom. The highest BCUT2D eigenvalue weighted by Crippen LogP contribution is 2.32. The lowest BCUT2D eigenvalue weighted by molar-refractivity contribution is -0.383. The van der Waals surface area contributed by atoms with E-state index >= 15 is 0 Å². The molecule has 0 amide bonds. The summed E-state index contributed by atoms with van der Waals surface area (Å²) >= 11 is 0. The molecule has 1 aromatic rings. The smallest absolute Gasteiger partial charge is 0.315 e. The second kappa shape index (κ2) is 6.80. The van der Waals surface area contributed by atoms with Crippen molar-refractivity contribution in [1.29, 1.82) is 0 Å². The number of nitro groups is 1. The summed E-state index contributed by atoms with van der Waals surface area (Å²) in [6, 6.07) is 5.17. The SMILES string of the molecule is CNc1cccc(NCC(C)COC)c1[N+](=O)[O-]. The summed E-state index contributed by atoms with van der Waals surface area (Å²) in [7, 11) is 3.31. The first-order valence-corrected chi connectivity index (χ1v) is 5.78. The van der Waals surface area contributed by atoms with Crippen LogP contribution in [-0.4, -0.2) is 32.2 Å². The molecule has 100 valence electrons. The van der Waals surface area contributed by atoms with Gasteiger partial charge in [0.05, 0.1) is 11.5 Å². The van der Waals surface area contributed by atoms with Gasteiger partial charge in [0, 0.05) is 20.7 Å². The molecule has 0 saturated carbocycles. The van der Waals surface area contributed by atoms with Crippen LogP contribution >= 0.6 is 0 Å². The van der Waals surface area contributed by atoms with E-state index in [4.69, 9.17) is 4.74 Å². The lowest BCUT2D eigenvalue weighted by Gasteiger charge is -2.13. The summed E-state index contributed by atoms with van der Waals surface area (Å²) in [6.07, 6.45) is 0. The van der Waals surface area contributed by atoms with Crippen molar-refractivity contribution in [3.05, 3.63) is 28.3 Å². The Kier molecular flexibility index (Phi) is 5.38. The molecular formula is C12H19N3O3. The van der Waals surface area contributed by atoms with E-state index in [-0.39, 0.29) is 16.5 Å². The topological polar surface area (TPSA) is 76.4 Å². The Labute approximate surface area is 106 Å². The number of hydrogen-bond donors (Lipinski definition) is 2. The quantitative estimate of drug-likeness (QED) is 0.576. The number of benzene rings is 1. The van der Waals surface area contributed by atoms with Gasteiger partial charge in [-0.1, -0.05) is 13.0 Å². The van der Waals surface area contributed by atoms with Gasteiger partial charge in [-0.25, -0.2) is 0 Å². The second-order valence-corrected chi connectivity index (χ2v) is 4.15. The molecule has 1 rings (SSSR count). The molecule has 0 aliphatic heterocycles. The van der Waals surface area contributed by atoms with E-state index in [1.807, 2.05) is 6.92 Å². The number of rotatable bonds is 7. The van der Waals surface area contributed by atoms with Crippen LogP contribution in [0.4, 0.5) is 17.1 Å². The predicted octanol–water partition coefficient (Wildman–Crippen LogP) is 2.33. The average molecular weight is 253 g/mol. The standard InChI is InChI=1S/C12H19N3O3/c1-9(8-18-3)7-14-11-6-4-5-10(13-2)12(11)15(16)17/h4-6,9,13-14H,7-8H2,1-3H3. The van der Waals surface area contributed by atoms with Gasteiger partial charge < -0.3 is 15.4 Å². The number of ether oxygens (including phenoxy) is 1. The summed E-state index contributed by atoms with van der Waals surface area (Å²) in [4.78, 5) is 10.7. The zero-order valence-electron chi connectivity index (χ0n) is 10.9. The van der Waals surface area contributed by atoms with E-state index in [0.29, 0.717) is 24.5 Å². The monoisotopic (exact) mass is 253 g/mol. The van der Waals surface area contributed by atoms with Crippen LogP contribution in [0.3, 0.4) is 0 Å². The van der Waals surface area contributed by atoms with Gasteiger partial charge in [-0.15, -0.1) is 0 Å². The Morgan fingerprint density at radius 3 is 2.67 bits per heavy atom. The van der Waals surface area contributed by atoms with Crippen molar-refractivity contribution in [2.24, 2.45) is 5.92 Å². The maximum atomic E-state index is 11.1. The molecular weight excluding hydrogens is 234 g/mol. The third-order valence-corrected chi connectivity index (χ3v) is 2.58. The lowest BCUT2D eigenvalue weighted by atomic mass is 10.1. The summed E-state index contributed by atoms with van der Waals surface area (Å²) in [6.45, 7) is 3.26. The third-order valence-electron chi connectivity index (χ3n) is 2.58. The number of anilines is 2. The van der Waals surface area contributed by atoms with E-state index in [2.05, 4.69) is 10.6 Å². The first kappa shape index (κ1) is 14.2. The molecule has 0 bridgehead atoms. The van der Waals surface area contributed by atoms with Crippen LogP contribution < -0.4 is 10.6 Å². The minimum Gasteiger partial charge on any atom is -0.384 e. The third kappa shape index (κ3) is 3.59. The van der Waals surface area contributed by atoms with Crippen LogP contribution in [0.25, 0.3) is 0 Å². The van der Waals surface area contributed by atoms with Crippen molar-refractivity contribution in [3.63, 3.8) is 0 Å². The maximum Gasteiger partial charge on any atom is 0.315 e. The molecule has 0 heterocycles. The Balaban J connectivity index is 2.85. The molecule has 0 radical (unpaired) electrons. The van der Waals surface area contributed by atoms with Gasteiger partial charge >= 0.3 is 5.69 Å². The Hall–Kier alpha value is -1.82. The van der Waals surface area contributed by atoms with E-state index in [0.717, 1.165) is 0 Å². The van der Waals surface area contributed by atoms with E-state index in [9.17, 15) is 10.1 Å². The fraction of sp³-hybridized carbons (Fsp3) is 0.500. The minimum atomic E-state index is -0.380. The molecule has 0 fully saturated rings. The molecule has 1 unspecified atom stereocenters. The molecule has 0 aliphatic rings. The van der Waals surface area contributed by atoms with Crippen molar-refractivity contribution in [3.8, 4) is 0 Å². The number of methoxy groups -OCH3 is 1. The highest BCUT2D eigenvalue weighted by atomic mass is 16.6. The van der Waals surface area contributed by atoms with Gasteiger partial charge in [0.25, 0.3) is 0 Å². The average Bonchev–Trinajstić information content (AvgIpc) is 2.35. The molecule has 0 aliphatic carbocycles. The largest absolute Gasteiger partial charge is 0.384 e. The normalized spacial score (nSPS) is 11.9. The zero-order valence-corrected chi connectivity index (χ0v) is 10.9. The van der Waals surface area contributed by atoms with E-state index < -0.39 is 0 Å². The second-order valence-electron chi connectivity index (χ2n) is 4.15. The number of para-hydroxylation sites is 1. The first-order chi connectivity index (χ1) is 8.60. The molecule has 0 saturated heterocycles. The Bertz CT molecular complexity index is 410. The molecule has 18 heavy (non-hydrogen) atoms. The van der Waals surface area contributed by atoms with Crippen molar-refractivity contribution in [2.75, 3.05) is 37.9 Å². The molecule has 6 heteroatoms. The maximum absolute atomic E-state index is 11.1. The molecule has 1 aromatic carbocycles. The summed E-state index contributed by atoms with van der Waals surface area (Å²) in [5.74, 6) is 0.285. The van der Waals surface area contributed by atoms with Crippen molar-refractivity contribution in [2.45, 2.75) is 6.92 Å². The fourth-order valence-electron chi connectivity index (χ4n) is 1.71. The fourth-order valence-corrected chi connectivity index (χ4v) is 1.71. The summed E-state index contributed by atoms with van der Waals surface area (Å²) < 4.78 is 5.03. The lowest BCUT2D eigenvalue weighted by Crippen LogP contribution is -2.16. The van der Waals surface area contributed by atoms with Gasteiger partial charge in [-0.05, 0) is 18.1 Å². The van der Waals surface area contributed by atoms with Crippen LogP contribution in [0.15, 0.2) is 18.2 Å². The molecule has 6 nitrogen and oxygen atoms in total. The van der Waals surface area contributed by atoms with Crippen LogP contribution in [0.5, 0.6) is 0 Å². The van der Waals surface area contributed by atoms with E-state index in [1.165, 1.54) is 0 Å². The number of nitrogens with zero attached hydrogens (tertiary/aromatic N) is 1. The predicted molar refractivity (Wildman–Crippen MR) is 72.2 cm³/mol. The highest BCUT2D eigenvalue weighted by molar-refractivity contribution is 5.75. The summed E-state index contributed by atoms with van der Waals surface area (Å²) in [5.41, 5.74) is 1.10. The molecule has 1 atom stereocenters. The van der Waals surface area contributed by atoms with Crippen molar-refractivity contribution in [1.82, 2.24) is 0 Å². The van der Waals surface area contributed by atoms with Gasteiger partial charge in [-0.3, -0.25) is 10.1 Å². The van der Waals surface area contributed by atoms with Crippen LogP contribution in [0.1, 0.15) is 6.92 Å². The van der Waals surface area contributed by atoms with E-state index in [1.54, 1.807) is 32.4 Å². The van der Waals surface area contributed by atoms with Crippen LogP contribution in [0, 0.1) is 16.0 Å². The number of nitro benzene ring substituents is 1. The van der Waals surface area contributed by atoms with Crippen molar-refractivity contribution < 1.29 is 9.66 Å². The number of hydrogen-bond acceptors (Lipinski definition) is 5. The summed E-state index contributed by atoms with van der Waals surface area (Å²) in [5, 5.41) is 17.0. The van der Waals surface area contributed by atoms with Crippen molar-refractivity contribution >= 4 is 17.1 Å².